The topological polar surface area (TPSA) is 68.2 Å². The Balaban J connectivity index is 2.68. The number of nitrogens with two attached hydrogens (primary N) is 1. The van der Waals surface area contributed by atoms with Crippen molar-refractivity contribution in [2.75, 3.05) is 0 Å². The van der Waals surface area contributed by atoms with Crippen molar-refractivity contribution in [1.29, 1.82) is 0 Å². The summed E-state index contributed by atoms with van der Waals surface area (Å²) >= 11 is 0. The maximum atomic E-state index is 12.3. The van der Waals surface area contributed by atoms with Crippen molar-refractivity contribution in [3.63, 3.8) is 0 Å². The van der Waals surface area contributed by atoms with E-state index in [1.807, 2.05) is 13.0 Å². The second-order valence-electron chi connectivity index (χ2n) is 8.26. The van der Waals surface area contributed by atoms with E-state index >= 15 is 0 Å². The van der Waals surface area contributed by atoms with Gasteiger partial charge in [-0.3, -0.25) is 4.79 Å². The van der Waals surface area contributed by atoms with Crippen molar-refractivity contribution in [2.24, 2.45) is 11.1 Å². The Morgan fingerprint density at radius 3 is 2.50 bits per heavy atom. The Hall–Kier alpha value is -2.23. The summed E-state index contributed by atoms with van der Waals surface area (Å²) in [7, 11) is 0. The van der Waals surface area contributed by atoms with Crippen molar-refractivity contribution < 1.29 is 9.90 Å². The van der Waals surface area contributed by atoms with E-state index in [2.05, 4.69) is 32.3 Å². The molecule has 0 spiro atoms. The Bertz CT molecular complexity index is 782. The van der Waals surface area contributed by atoms with Crippen molar-refractivity contribution >= 4 is 5.91 Å². The Morgan fingerprint density at radius 1 is 1.27 bits per heavy atom. The molecule has 0 bridgehead atoms. The largest absolute Gasteiger partial charge is 0.508 e. The fraction of sp³-hybridized carbons (Fsp3) is 0.500. The number of nitrogens with zero attached hydrogens (tertiary/aromatic N) is 1. The third-order valence-corrected chi connectivity index (χ3v) is 4.86. The lowest BCUT2D eigenvalue weighted by Gasteiger charge is -2.21. The number of rotatable bonds is 7. The number of unbranched alkanes of at least 4 members (excludes halogenated alkanes) is 1. The molecule has 4 heteroatoms. The molecule has 0 aliphatic rings. The highest BCUT2D eigenvalue weighted by atomic mass is 16.3. The van der Waals surface area contributed by atoms with E-state index in [-0.39, 0.29) is 11.2 Å². The summed E-state index contributed by atoms with van der Waals surface area (Å²) in [4.78, 5) is 12.3. The molecule has 0 unspecified atom stereocenters. The van der Waals surface area contributed by atoms with Gasteiger partial charge < -0.3 is 15.4 Å². The molecule has 26 heavy (non-hydrogen) atoms. The monoisotopic (exact) mass is 356 g/mol. The van der Waals surface area contributed by atoms with Gasteiger partial charge in [0.15, 0.2) is 0 Å². The summed E-state index contributed by atoms with van der Waals surface area (Å²) in [6.07, 6.45) is 4.02. The number of phenols is 1. The van der Waals surface area contributed by atoms with Crippen LogP contribution in [0.4, 0.5) is 0 Å². The molecule has 0 saturated heterocycles. The summed E-state index contributed by atoms with van der Waals surface area (Å²) in [5, 5.41) is 9.93. The van der Waals surface area contributed by atoms with Crippen LogP contribution >= 0.6 is 0 Å². The van der Waals surface area contributed by atoms with Crippen LogP contribution in [0, 0.1) is 12.3 Å². The van der Waals surface area contributed by atoms with Gasteiger partial charge in [0.1, 0.15) is 5.75 Å². The molecule has 0 aliphatic heterocycles. The van der Waals surface area contributed by atoms with E-state index in [0.29, 0.717) is 5.56 Å². The van der Waals surface area contributed by atoms with E-state index in [1.54, 1.807) is 18.2 Å². The van der Waals surface area contributed by atoms with Crippen LogP contribution in [-0.4, -0.2) is 15.6 Å². The lowest BCUT2D eigenvalue weighted by atomic mass is 9.92. The average molecular weight is 357 g/mol. The zero-order valence-corrected chi connectivity index (χ0v) is 16.7. The van der Waals surface area contributed by atoms with E-state index in [0.717, 1.165) is 54.7 Å². The highest BCUT2D eigenvalue weighted by Gasteiger charge is 2.25. The number of amides is 1. The van der Waals surface area contributed by atoms with Gasteiger partial charge in [-0.15, -0.1) is 0 Å². The molecule has 1 aromatic carbocycles. The Kier molecular flexibility index (Phi) is 6.17. The van der Waals surface area contributed by atoms with E-state index in [1.165, 1.54) is 0 Å². The van der Waals surface area contributed by atoms with Crippen LogP contribution in [0.15, 0.2) is 24.3 Å². The van der Waals surface area contributed by atoms with Crippen molar-refractivity contribution in [2.45, 2.75) is 66.8 Å². The second kappa shape index (κ2) is 7.98. The maximum absolute atomic E-state index is 12.3. The van der Waals surface area contributed by atoms with Crippen LogP contribution < -0.4 is 5.73 Å². The minimum absolute atomic E-state index is 0.194. The molecule has 2 aromatic rings. The van der Waals surface area contributed by atoms with Gasteiger partial charge in [0, 0.05) is 23.5 Å². The number of primary amides is 1. The minimum Gasteiger partial charge on any atom is -0.508 e. The van der Waals surface area contributed by atoms with Crippen molar-refractivity contribution in [3.8, 4) is 16.9 Å². The molecule has 0 aliphatic carbocycles. The molecule has 0 fully saturated rings. The second-order valence-corrected chi connectivity index (χ2v) is 8.26. The molecular weight excluding hydrogens is 324 g/mol. The lowest BCUT2D eigenvalue weighted by molar-refractivity contribution is 0.1000. The zero-order valence-electron chi connectivity index (χ0n) is 16.7. The first kappa shape index (κ1) is 20.1. The van der Waals surface area contributed by atoms with Gasteiger partial charge in [-0.1, -0.05) is 46.2 Å². The van der Waals surface area contributed by atoms with Gasteiger partial charge >= 0.3 is 0 Å². The molecular formula is C22H32N2O2. The predicted molar refractivity (Wildman–Crippen MR) is 107 cm³/mol. The van der Waals surface area contributed by atoms with E-state index < -0.39 is 5.91 Å². The predicted octanol–water partition coefficient (Wildman–Crippen LogP) is 5.05. The summed E-state index contributed by atoms with van der Waals surface area (Å²) < 4.78 is 2.26. The smallest absolute Gasteiger partial charge is 0.251 e. The number of benzene rings is 1. The molecule has 142 valence electrons. The molecule has 3 N–H and O–H groups in total. The summed E-state index contributed by atoms with van der Waals surface area (Å²) in [6, 6.07) is 7.10. The zero-order chi connectivity index (χ0) is 19.5. The van der Waals surface area contributed by atoms with Gasteiger partial charge in [0.25, 0.3) is 5.91 Å². The van der Waals surface area contributed by atoms with Gasteiger partial charge in [-0.05, 0) is 49.3 Å². The number of aromatic nitrogens is 1. The maximum Gasteiger partial charge on any atom is 0.251 e. The summed E-state index contributed by atoms with van der Waals surface area (Å²) in [5.74, 6) is -0.215. The van der Waals surface area contributed by atoms with Gasteiger partial charge in [-0.25, -0.2) is 0 Å². The Morgan fingerprint density at radius 2 is 1.96 bits per heavy atom. The molecule has 4 nitrogen and oxygen atoms in total. The molecule has 1 aromatic heterocycles. The highest BCUT2D eigenvalue weighted by Crippen LogP contribution is 2.36. The third kappa shape index (κ3) is 4.48. The summed E-state index contributed by atoms with van der Waals surface area (Å²) in [6.45, 7) is 11.7. The molecule has 1 heterocycles. The van der Waals surface area contributed by atoms with Crippen molar-refractivity contribution in [1.82, 2.24) is 4.57 Å². The van der Waals surface area contributed by atoms with Crippen LogP contribution in [0.1, 0.15) is 68.7 Å². The van der Waals surface area contributed by atoms with Gasteiger partial charge in [0.2, 0.25) is 0 Å². The lowest BCUT2D eigenvalue weighted by Crippen LogP contribution is -2.15. The molecule has 0 atom stereocenters. The fourth-order valence-electron chi connectivity index (χ4n) is 3.43. The van der Waals surface area contributed by atoms with Crippen LogP contribution in [-0.2, 0) is 13.0 Å². The van der Waals surface area contributed by atoms with E-state index in [4.69, 9.17) is 5.73 Å². The normalized spacial score (nSPS) is 11.7. The van der Waals surface area contributed by atoms with Crippen LogP contribution in [0.25, 0.3) is 11.1 Å². The molecule has 0 radical (unpaired) electrons. The number of hydrogen-bond donors (Lipinski definition) is 2. The number of phenolic OH excluding ortho intramolecular Hbond substituents is 1. The Labute approximate surface area is 157 Å². The first-order valence-corrected chi connectivity index (χ1v) is 9.47. The number of aromatic hydroxyl groups is 1. The van der Waals surface area contributed by atoms with Crippen LogP contribution in [0.2, 0.25) is 0 Å². The summed E-state index contributed by atoms with van der Waals surface area (Å²) in [5.41, 5.74) is 10.4. The van der Waals surface area contributed by atoms with Crippen LogP contribution in [0.3, 0.4) is 0 Å². The standard InChI is InChI=1S/C22H32N2O2/c1-6-7-11-18-20(16-9-8-10-17(25)14-16)19(21(23)26)15(2)24(18)13-12-22(3,4)5/h8-10,14,25H,6-7,11-13H2,1-5H3,(H2,23,26). The average Bonchev–Trinajstić information content (AvgIpc) is 2.82. The highest BCUT2D eigenvalue weighted by molar-refractivity contribution is 6.02. The first-order valence-electron chi connectivity index (χ1n) is 9.47. The molecule has 0 saturated carbocycles. The molecule has 1 amide bonds. The van der Waals surface area contributed by atoms with Gasteiger partial charge in [0.05, 0.1) is 5.56 Å². The van der Waals surface area contributed by atoms with E-state index in [9.17, 15) is 9.90 Å². The third-order valence-electron chi connectivity index (χ3n) is 4.86. The number of hydrogen-bond acceptors (Lipinski definition) is 2. The number of carbonyl (C=O) groups excluding carboxylic acids is 1. The number of carbonyl (C=O) groups is 1. The van der Waals surface area contributed by atoms with Crippen molar-refractivity contribution in [3.05, 3.63) is 41.2 Å². The van der Waals surface area contributed by atoms with Gasteiger partial charge in [-0.2, -0.15) is 0 Å². The fourth-order valence-corrected chi connectivity index (χ4v) is 3.43. The van der Waals surface area contributed by atoms with Crippen LogP contribution in [0.5, 0.6) is 5.75 Å². The quantitative estimate of drug-likeness (QED) is 0.729. The molecule has 2 rings (SSSR count). The minimum atomic E-state index is -0.409. The SMILES string of the molecule is CCCCc1c(-c2cccc(O)c2)c(C(N)=O)c(C)n1CCC(C)(C)C. The first-order chi connectivity index (χ1) is 12.2.